The fourth-order valence-corrected chi connectivity index (χ4v) is 2.31. The van der Waals surface area contributed by atoms with Crippen LogP contribution in [0.5, 0.6) is 11.5 Å². The van der Waals surface area contributed by atoms with E-state index in [0.29, 0.717) is 24.5 Å². The lowest BCUT2D eigenvalue weighted by molar-refractivity contribution is -0.122. The van der Waals surface area contributed by atoms with E-state index in [1.54, 1.807) is 7.11 Å². The molecule has 0 aliphatic heterocycles. The first-order valence-corrected chi connectivity index (χ1v) is 7.97. The topological polar surface area (TPSA) is 73.6 Å². The van der Waals surface area contributed by atoms with Crippen molar-refractivity contribution in [3.05, 3.63) is 60.2 Å². The van der Waals surface area contributed by atoms with E-state index in [4.69, 9.17) is 15.2 Å². The van der Waals surface area contributed by atoms with Gasteiger partial charge in [-0.3, -0.25) is 4.79 Å². The predicted molar refractivity (Wildman–Crippen MR) is 101 cm³/mol. The molecule has 2 aromatic carbocycles. The van der Waals surface area contributed by atoms with Crippen molar-refractivity contribution in [2.75, 3.05) is 13.7 Å². The monoisotopic (exact) mass is 364 g/mol. The van der Waals surface area contributed by atoms with Gasteiger partial charge < -0.3 is 20.5 Å². The van der Waals surface area contributed by atoms with Gasteiger partial charge in [0, 0.05) is 0 Å². The van der Waals surface area contributed by atoms with Crippen molar-refractivity contribution in [3.8, 4) is 11.5 Å². The van der Waals surface area contributed by atoms with Gasteiger partial charge in [-0.15, -0.1) is 12.4 Å². The number of rotatable bonds is 8. The summed E-state index contributed by atoms with van der Waals surface area (Å²) in [6.07, 6.45) is 0.309. The molecule has 25 heavy (non-hydrogen) atoms. The molecular formula is C19H25ClN2O3. The lowest BCUT2D eigenvalue weighted by atomic mass is 10.1. The third-order valence-electron chi connectivity index (χ3n) is 3.60. The first kappa shape index (κ1) is 20.8. The fraction of sp³-hybridized carbons (Fsp3) is 0.316. The molecule has 0 aromatic heterocycles. The molecule has 0 saturated heterocycles. The second-order valence-corrected chi connectivity index (χ2v) is 5.62. The molecule has 136 valence electrons. The highest BCUT2D eigenvalue weighted by molar-refractivity contribution is 5.85. The molecule has 1 amide bonds. The first-order chi connectivity index (χ1) is 11.6. The molecule has 0 heterocycles. The average Bonchev–Trinajstić information content (AvgIpc) is 2.61. The summed E-state index contributed by atoms with van der Waals surface area (Å²) in [7, 11) is 1.59. The number of benzene rings is 2. The second kappa shape index (κ2) is 10.6. The summed E-state index contributed by atoms with van der Waals surface area (Å²) >= 11 is 0. The summed E-state index contributed by atoms with van der Waals surface area (Å²) in [5.74, 6) is 1.13. The van der Waals surface area contributed by atoms with E-state index in [2.05, 4.69) is 5.32 Å². The Bertz CT molecular complexity index is 652. The minimum atomic E-state index is -0.578. The summed E-state index contributed by atoms with van der Waals surface area (Å²) in [5, 5.41) is 2.83. The van der Waals surface area contributed by atoms with E-state index in [9.17, 15) is 4.79 Å². The second-order valence-electron chi connectivity index (χ2n) is 5.62. The van der Waals surface area contributed by atoms with Crippen LogP contribution < -0.4 is 20.5 Å². The highest BCUT2D eigenvalue weighted by atomic mass is 35.5. The SMILES string of the molecule is COc1ccccc1OC(C)CNC(=O)[C@@H](N)Cc1ccccc1.Cl. The third kappa shape index (κ3) is 6.64. The fourth-order valence-electron chi connectivity index (χ4n) is 2.31. The van der Waals surface area contributed by atoms with E-state index in [1.807, 2.05) is 61.5 Å². The van der Waals surface area contributed by atoms with Gasteiger partial charge in [-0.25, -0.2) is 0 Å². The average molecular weight is 365 g/mol. The molecule has 0 aliphatic carbocycles. The highest BCUT2D eigenvalue weighted by Crippen LogP contribution is 2.26. The maximum absolute atomic E-state index is 12.1. The van der Waals surface area contributed by atoms with Crippen molar-refractivity contribution in [2.24, 2.45) is 5.73 Å². The molecule has 3 N–H and O–H groups in total. The molecule has 0 spiro atoms. The quantitative estimate of drug-likeness (QED) is 0.755. The first-order valence-electron chi connectivity index (χ1n) is 7.97. The van der Waals surface area contributed by atoms with Gasteiger partial charge in [0.05, 0.1) is 19.7 Å². The minimum absolute atomic E-state index is 0. The molecular weight excluding hydrogens is 340 g/mol. The Morgan fingerprint density at radius 2 is 1.68 bits per heavy atom. The molecule has 5 nitrogen and oxygen atoms in total. The minimum Gasteiger partial charge on any atom is -0.493 e. The summed E-state index contributed by atoms with van der Waals surface area (Å²) in [5.41, 5.74) is 7.00. The molecule has 2 rings (SSSR count). The van der Waals surface area contributed by atoms with Crippen LogP contribution in [-0.2, 0) is 11.2 Å². The van der Waals surface area contributed by atoms with E-state index in [-0.39, 0.29) is 24.4 Å². The van der Waals surface area contributed by atoms with Crippen LogP contribution in [0.25, 0.3) is 0 Å². The van der Waals surface area contributed by atoms with Gasteiger partial charge >= 0.3 is 0 Å². The van der Waals surface area contributed by atoms with E-state index >= 15 is 0 Å². The van der Waals surface area contributed by atoms with Crippen molar-refractivity contribution in [2.45, 2.75) is 25.5 Å². The zero-order valence-electron chi connectivity index (χ0n) is 14.5. The largest absolute Gasteiger partial charge is 0.493 e. The molecule has 6 heteroatoms. The number of methoxy groups -OCH3 is 1. The van der Waals surface area contributed by atoms with Crippen LogP contribution in [0.1, 0.15) is 12.5 Å². The van der Waals surface area contributed by atoms with Gasteiger partial charge in [0.1, 0.15) is 6.10 Å². The Hall–Kier alpha value is -2.24. The molecule has 1 unspecified atom stereocenters. The van der Waals surface area contributed by atoms with Crippen LogP contribution in [0.4, 0.5) is 0 Å². The molecule has 0 aliphatic rings. The summed E-state index contributed by atoms with van der Waals surface area (Å²) < 4.78 is 11.0. The van der Waals surface area contributed by atoms with Crippen LogP contribution in [-0.4, -0.2) is 31.7 Å². The lowest BCUT2D eigenvalue weighted by Crippen LogP contribution is -2.45. The van der Waals surface area contributed by atoms with Crippen LogP contribution in [0.15, 0.2) is 54.6 Å². The van der Waals surface area contributed by atoms with Gasteiger partial charge in [0.2, 0.25) is 5.91 Å². The normalized spacial score (nSPS) is 12.4. The van der Waals surface area contributed by atoms with Gasteiger partial charge in [-0.2, -0.15) is 0 Å². The van der Waals surface area contributed by atoms with Gasteiger partial charge in [-0.1, -0.05) is 42.5 Å². The summed E-state index contributed by atoms with van der Waals surface area (Å²) in [6, 6.07) is 16.6. The maximum atomic E-state index is 12.1. The van der Waals surface area contributed by atoms with Crippen LogP contribution >= 0.6 is 12.4 Å². The molecule has 2 aromatic rings. The van der Waals surface area contributed by atoms with Gasteiger partial charge in [0.15, 0.2) is 11.5 Å². The van der Waals surface area contributed by atoms with Crippen molar-refractivity contribution in [3.63, 3.8) is 0 Å². The van der Waals surface area contributed by atoms with Crippen LogP contribution in [0.2, 0.25) is 0 Å². The lowest BCUT2D eigenvalue weighted by Gasteiger charge is -2.18. The zero-order valence-corrected chi connectivity index (χ0v) is 15.3. The molecule has 2 atom stereocenters. The van der Waals surface area contributed by atoms with Crippen LogP contribution in [0, 0.1) is 0 Å². The number of carbonyl (C=O) groups is 1. The Kier molecular flexibility index (Phi) is 8.81. The molecule has 0 bridgehead atoms. The number of carbonyl (C=O) groups excluding carboxylic acids is 1. The van der Waals surface area contributed by atoms with E-state index in [1.165, 1.54) is 0 Å². The Morgan fingerprint density at radius 3 is 2.32 bits per heavy atom. The van der Waals surface area contributed by atoms with Gasteiger partial charge in [-0.05, 0) is 31.0 Å². The third-order valence-corrected chi connectivity index (χ3v) is 3.60. The Labute approximate surface area is 154 Å². The number of ether oxygens (including phenoxy) is 2. The van der Waals surface area contributed by atoms with Gasteiger partial charge in [0.25, 0.3) is 0 Å². The Balaban J connectivity index is 0.00000312. The number of hydrogen-bond acceptors (Lipinski definition) is 4. The molecule has 0 saturated carbocycles. The van der Waals surface area contributed by atoms with Crippen molar-refractivity contribution in [1.82, 2.24) is 5.32 Å². The van der Waals surface area contributed by atoms with E-state index < -0.39 is 6.04 Å². The number of nitrogens with one attached hydrogen (secondary N) is 1. The highest BCUT2D eigenvalue weighted by Gasteiger charge is 2.15. The molecule has 0 radical (unpaired) electrons. The molecule has 0 fully saturated rings. The standard InChI is InChI=1S/C19H24N2O3.ClH/c1-14(24-18-11-7-6-10-17(18)23-2)13-21-19(22)16(20)12-15-8-4-3-5-9-15;/h3-11,14,16H,12-13,20H2,1-2H3,(H,21,22);1H/t14?,16-;/m0./s1. The summed E-state index contributed by atoms with van der Waals surface area (Å²) in [6.45, 7) is 2.26. The zero-order chi connectivity index (χ0) is 17.4. The van der Waals surface area contributed by atoms with Crippen LogP contribution in [0.3, 0.4) is 0 Å². The summed E-state index contributed by atoms with van der Waals surface area (Å²) in [4.78, 5) is 12.1. The smallest absolute Gasteiger partial charge is 0.237 e. The van der Waals surface area contributed by atoms with Crippen molar-refractivity contribution >= 4 is 18.3 Å². The maximum Gasteiger partial charge on any atom is 0.237 e. The predicted octanol–water partition coefficient (Wildman–Crippen LogP) is 2.57. The number of amides is 1. The number of hydrogen-bond donors (Lipinski definition) is 2. The van der Waals surface area contributed by atoms with E-state index in [0.717, 1.165) is 5.56 Å². The van der Waals surface area contributed by atoms with Crippen molar-refractivity contribution in [1.29, 1.82) is 0 Å². The number of halogens is 1. The Morgan fingerprint density at radius 1 is 1.08 bits per heavy atom. The van der Waals surface area contributed by atoms with Crippen molar-refractivity contribution < 1.29 is 14.3 Å². The number of para-hydroxylation sites is 2. The number of nitrogens with two attached hydrogens (primary N) is 1.